The van der Waals surface area contributed by atoms with Gasteiger partial charge in [0.2, 0.25) is 0 Å². The first kappa shape index (κ1) is 23.9. The fourth-order valence-electron chi connectivity index (χ4n) is 1.90. The van der Waals surface area contributed by atoms with Gasteiger partial charge in [-0.3, -0.25) is 0 Å². The van der Waals surface area contributed by atoms with Gasteiger partial charge in [-0.25, -0.2) is 4.79 Å². The summed E-state index contributed by atoms with van der Waals surface area (Å²) in [5, 5.41) is 0. The molecule has 0 saturated carbocycles. The SMILES string of the molecule is C=CC(=O)OCCOCCC[Si](O[Si](C)C)(O[Si](C)C)O[Si](C)C. The average molecular weight is 408 g/mol. The highest BCUT2D eigenvalue weighted by Gasteiger charge is 2.42. The van der Waals surface area contributed by atoms with E-state index in [2.05, 4.69) is 45.9 Å². The zero-order valence-corrected chi connectivity index (χ0v) is 19.8. The van der Waals surface area contributed by atoms with Crippen LogP contribution in [0.1, 0.15) is 6.42 Å². The standard InChI is InChI=1S/C14H31O6Si4/c1-8-14(15)17-12-11-16-10-9-13-24(18-21(2)3,19-22(4)5)20-23(6)7/h8H,1,9-13H2,2-7H3. The first-order valence-corrected chi connectivity index (χ1v) is 17.2. The van der Waals surface area contributed by atoms with Crippen LogP contribution in [-0.4, -0.2) is 61.7 Å². The van der Waals surface area contributed by atoms with E-state index in [1.807, 2.05) is 0 Å². The van der Waals surface area contributed by atoms with Crippen molar-refractivity contribution in [3.63, 3.8) is 0 Å². The van der Waals surface area contributed by atoms with Crippen LogP contribution in [0.4, 0.5) is 0 Å². The molecule has 0 atom stereocenters. The van der Waals surface area contributed by atoms with Crippen molar-refractivity contribution in [2.75, 3.05) is 19.8 Å². The Morgan fingerprint density at radius 3 is 1.83 bits per heavy atom. The molecule has 0 spiro atoms. The van der Waals surface area contributed by atoms with Crippen molar-refractivity contribution < 1.29 is 26.6 Å². The Hall–Kier alpha value is -0.0825. The third kappa shape index (κ3) is 12.3. The third-order valence-corrected chi connectivity index (χ3v) is 12.1. The molecule has 0 rings (SSSR count). The van der Waals surface area contributed by atoms with Crippen LogP contribution in [-0.2, 0) is 26.6 Å². The van der Waals surface area contributed by atoms with Crippen LogP contribution in [0.25, 0.3) is 0 Å². The van der Waals surface area contributed by atoms with Crippen molar-refractivity contribution >= 4 is 41.9 Å². The van der Waals surface area contributed by atoms with Crippen LogP contribution in [0.3, 0.4) is 0 Å². The second-order valence-corrected chi connectivity index (χ2v) is 15.6. The summed E-state index contributed by atoms with van der Waals surface area (Å²) in [5.41, 5.74) is 0. The minimum Gasteiger partial charge on any atom is -0.460 e. The minimum absolute atomic E-state index is 0.238. The topological polar surface area (TPSA) is 63.2 Å². The van der Waals surface area contributed by atoms with Crippen molar-refractivity contribution in [2.24, 2.45) is 0 Å². The lowest BCUT2D eigenvalue weighted by Gasteiger charge is -2.34. The molecule has 139 valence electrons. The van der Waals surface area contributed by atoms with E-state index in [0.717, 1.165) is 18.5 Å². The third-order valence-electron chi connectivity index (χ3n) is 2.49. The van der Waals surface area contributed by atoms with Gasteiger partial charge in [-0.05, 0) is 45.7 Å². The molecule has 24 heavy (non-hydrogen) atoms. The Morgan fingerprint density at radius 1 is 0.917 bits per heavy atom. The molecule has 0 saturated heterocycles. The molecule has 3 radical (unpaired) electrons. The molecular weight excluding hydrogens is 376 g/mol. The largest absolute Gasteiger partial charge is 0.469 e. The summed E-state index contributed by atoms with van der Waals surface area (Å²) in [7, 11) is -5.34. The summed E-state index contributed by atoms with van der Waals surface area (Å²) in [6.07, 6.45) is 1.95. The minimum atomic E-state index is -2.62. The highest BCUT2D eigenvalue weighted by atomic mass is 28.5. The Morgan fingerprint density at radius 2 is 1.42 bits per heavy atom. The molecular formula is C14H31O6Si4. The maximum absolute atomic E-state index is 10.9. The molecule has 10 heteroatoms. The number of ether oxygens (including phenoxy) is 2. The monoisotopic (exact) mass is 407 g/mol. The number of carbonyl (C=O) groups excluding carboxylic acids is 1. The predicted molar refractivity (Wildman–Crippen MR) is 103 cm³/mol. The fourth-order valence-corrected chi connectivity index (χ4v) is 12.8. The Labute approximate surface area is 153 Å². The highest BCUT2D eigenvalue weighted by molar-refractivity contribution is 6.79. The van der Waals surface area contributed by atoms with Crippen molar-refractivity contribution in [2.45, 2.75) is 51.7 Å². The van der Waals surface area contributed by atoms with E-state index in [0.29, 0.717) is 13.2 Å². The van der Waals surface area contributed by atoms with Crippen LogP contribution in [0.15, 0.2) is 12.7 Å². The average Bonchev–Trinajstić information content (AvgIpc) is 2.43. The second-order valence-electron chi connectivity index (χ2n) is 5.80. The van der Waals surface area contributed by atoms with E-state index >= 15 is 0 Å². The number of rotatable bonds is 14. The molecule has 0 aromatic carbocycles. The van der Waals surface area contributed by atoms with Crippen molar-refractivity contribution in [1.29, 1.82) is 0 Å². The molecule has 0 unspecified atom stereocenters. The van der Waals surface area contributed by atoms with E-state index in [-0.39, 0.29) is 6.61 Å². The normalized spacial score (nSPS) is 12.2. The van der Waals surface area contributed by atoms with Crippen LogP contribution in [0, 0.1) is 0 Å². The predicted octanol–water partition coefficient (Wildman–Crippen LogP) is 2.86. The van der Waals surface area contributed by atoms with Crippen LogP contribution in [0.5, 0.6) is 0 Å². The van der Waals surface area contributed by atoms with E-state index in [1.165, 1.54) is 0 Å². The quantitative estimate of drug-likeness (QED) is 0.191. The smallest absolute Gasteiger partial charge is 0.460 e. The summed E-state index contributed by atoms with van der Waals surface area (Å²) in [6, 6.07) is 0.765. The molecule has 0 heterocycles. The second kappa shape index (κ2) is 13.2. The zero-order chi connectivity index (χ0) is 18.6. The maximum Gasteiger partial charge on any atom is 0.469 e. The van der Waals surface area contributed by atoms with Gasteiger partial charge >= 0.3 is 14.8 Å². The Bertz CT molecular complexity index is 339. The van der Waals surface area contributed by atoms with Crippen LogP contribution in [0.2, 0.25) is 45.3 Å². The summed E-state index contributed by atoms with van der Waals surface area (Å²) >= 11 is 0. The lowest BCUT2D eigenvalue weighted by atomic mass is 10.5. The van der Waals surface area contributed by atoms with Gasteiger partial charge in [-0.2, -0.15) is 0 Å². The molecule has 0 aromatic heterocycles. The van der Waals surface area contributed by atoms with Crippen molar-refractivity contribution in [3.8, 4) is 0 Å². The number of esters is 1. The van der Waals surface area contributed by atoms with E-state index in [9.17, 15) is 4.79 Å². The molecule has 0 aliphatic rings. The van der Waals surface area contributed by atoms with Gasteiger partial charge < -0.3 is 21.8 Å². The zero-order valence-electron chi connectivity index (χ0n) is 15.8. The lowest BCUT2D eigenvalue weighted by Crippen LogP contribution is -2.53. The summed E-state index contributed by atoms with van der Waals surface area (Å²) in [6.45, 7) is 17.2. The number of carbonyl (C=O) groups is 1. The summed E-state index contributed by atoms with van der Waals surface area (Å²) in [5.74, 6) is -0.429. The van der Waals surface area contributed by atoms with Gasteiger partial charge in [0.15, 0.2) is 27.1 Å². The Balaban J connectivity index is 4.37. The van der Waals surface area contributed by atoms with Crippen molar-refractivity contribution in [3.05, 3.63) is 12.7 Å². The van der Waals surface area contributed by atoms with Crippen LogP contribution < -0.4 is 0 Å². The highest BCUT2D eigenvalue weighted by Crippen LogP contribution is 2.21. The lowest BCUT2D eigenvalue weighted by molar-refractivity contribution is -0.139. The molecule has 0 amide bonds. The number of hydrogen-bond donors (Lipinski definition) is 0. The molecule has 0 bridgehead atoms. The summed E-state index contributed by atoms with van der Waals surface area (Å²) < 4.78 is 29.1. The maximum atomic E-state index is 10.9. The van der Waals surface area contributed by atoms with Gasteiger partial charge in [0, 0.05) is 18.7 Å². The summed E-state index contributed by atoms with van der Waals surface area (Å²) in [4.78, 5) is 10.9. The first-order valence-electron chi connectivity index (χ1n) is 8.05. The Kier molecular flexibility index (Phi) is 13.1. The molecule has 0 aromatic rings. The molecule has 6 nitrogen and oxygen atoms in total. The van der Waals surface area contributed by atoms with Gasteiger partial charge in [0.1, 0.15) is 6.61 Å². The molecule has 0 fully saturated rings. The number of hydrogen-bond acceptors (Lipinski definition) is 6. The fraction of sp³-hybridized carbons (Fsp3) is 0.786. The van der Waals surface area contributed by atoms with Gasteiger partial charge in [0.25, 0.3) is 0 Å². The van der Waals surface area contributed by atoms with Crippen molar-refractivity contribution in [1.82, 2.24) is 0 Å². The van der Waals surface area contributed by atoms with Gasteiger partial charge in [-0.15, -0.1) is 0 Å². The van der Waals surface area contributed by atoms with E-state index < -0.39 is 41.9 Å². The van der Waals surface area contributed by atoms with E-state index in [1.54, 1.807) is 0 Å². The van der Waals surface area contributed by atoms with Crippen LogP contribution >= 0.6 is 0 Å². The molecule has 0 aliphatic heterocycles. The van der Waals surface area contributed by atoms with E-state index in [4.69, 9.17) is 21.8 Å². The first-order chi connectivity index (χ1) is 11.2. The van der Waals surface area contributed by atoms with Gasteiger partial charge in [-0.1, -0.05) is 6.58 Å². The molecule has 0 N–H and O–H groups in total. The van der Waals surface area contributed by atoms with Gasteiger partial charge in [0.05, 0.1) is 6.61 Å². The molecule has 0 aliphatic carbocycles.